The number of halogens is 6. The van der Waals surface area contributed by atoms with Crippen molar-refractivity contribution in [1.82, 2.24) is 9.80 Å². The van der Waals surface area contributed by atoms with Crippen LogP contribution >= 0.6 is 0 Å². The lowest BCUT2D eigenvalue weighted by atomic mass is 10.0. The average molecular weight is 416 g/mol. The van der Waals surface area contributed by atoms with E-state index in [1.807, 2.05) is 30.3 Å². The van der Waals surface area contributed by atoms with Crippen LogP contribution in [0.1, 0.15) is 27.0 Å². The lowest BCUT2D eigenvalue weighted by molar-refractivity contribution is -0.143. The van der Waals surface area contributed by atoms with Gasteiger partial charge in [-0.25, -0.2) is 0 Å². The molecule has 1 saturated heterocycles. The van der Waals surface area contributed by atoms with Gasteiger partial charge in [0.25, 0.3) is 5.91 Å². The van der Waals surface area contributed by atoms with Gasteiger partial charge in [-0.1, -0.05) is 30.3 Å². The Morgan fingerprint density at radius 3 is 1.79 bits per heavy atom. The van der Waals surface area contributed by atoms with E-state index in [0.717, 1.165) is 5.56 Å². The molecule has 3 nitrogen and oxygen atoms in total. The zero-order chi connectivity index (χ0) is 21.2. The molecular formula is C20H18F6N2O. The third-order valence-corrected chi connectivity index (χ3v) is 4.74. The molecule has 29 heavy (non-hydrogen) atoms. The van der Waals surface area contributed by atoms with Gasteiger partial charge in [-0.15, -0.1) is 0 Å². The van der Waals surface area contributed by atoms with Crippen molar-refractivity contribution in [3.8, 4) is 0 Å². The predicted molar refractivity (Wildman–Crippen MR) is 94.1 cm³/mol. The van der Waals surface area contributed by atoms with Crippen LogP contribution in [0.3, 0.4) is 0 Å². The molecule has 0 atom stereocenters. The van der Waals surface area contributed by atoms with Crippen LogP contribution in [0.4, 0.5) is 26.3 Å². The molecular weight excluding hydrogens is 398 g/mol. The zero-order valence-corrected chi connectivity index (χ0v) is 15.2. The zero-order valence-electron chi connectivity index (χ0n) is 15.2. The first-order chi connectivity index (χ1) is 13.5. The molecule has 2 aromatic carbocycles. The molecule has 1 amide bonds. The topological polar surface area (TPSA) is 23.6 Å². The fraction of sp³-hybridized carbons (Fsp3) is 0.350. The summed E-state index contributed by atoms with van der Waals surface area (Å²) in [6, 6.07) is 10.6. The van der Waals surface area contributed by atoms with E-state index >= 15 is 0 Å². The quantitative estimate of drug-likeness (QED) is 0.679. The van der Waals surface area contributed by atoms with Gasteiger partial charge in [0.2, 0.25) is 0 Å². The Hall–Kier alpha value is -2.55. The number of nitrogens with zero attached hydrogens (tertiary/aromatic N) is 2. The van der Waals surface area contributed by atoms with Crippen molar-refractivity contribution < 1.29 is 31.1 Å². The summed E-state index contributed by atoms with van der Waals surface area (Å²) in [6.45, 7) is 2.06. The monoisotopic (exact) mass is 416 g/mol. The molecule has 0 spiro atoms. The number of alkyl halides is 6. The summed E-state index contributed by atoms with van der Waals surface area (Å²) in [6.07, 6.45) is -9.96. The first kappa shape index (κ1) is 21.2. The Morgan fingerprint density at radius 2 is 1.31 bits per heavy atom. The molecule has 1 aliphatic heterocycles. The summed E-state index contributed by atoms with van der Waals surface area (Å²) in [7, 11) is 0. The smallest absolute Gasteiger partial charge is 0.336 e. The summed E-state index contributed by atoms with van der Waals surface area (Å²) < 4.78 is 78.0. The van der Waals surface area contributed by atoms with E-state index < -0.39 is 35.0 Å². The molecule has 1 aliphatic rings. The SMILES string of the molecule is O=C(c1cc(C(F)(F)F)cc(C(F)(F)F)c1)N1CCN(Cc2ccccc2)CC1. The number of hydrogen-bond donors (Lipinski definition) is 0. The average Bonchev–Trinajstić information content (AvgIpc) is 2.67. The van der Waals surface area contributed by atoms with Gasteiger partial charge >= 0.3 is 12.4 Å². The van der Waals surface area contributed by atoms with Crippen LogP contribution in [-0.2, 0) is 18.9 Å². The van der Waals surface area contributed by atoms with Crippen LogP contribution in [-0.4, -0.2) is 41.9 Å². The van der Waals surface area contributed by atoms with Gasteiger partial charge in [-0.2, -0.15) is 26.3 Å². The predicted octanol–water partition coefficient (Wildman–Crippen LogP) is 4.68. The molecule has 0 saturated carbocycles. The highest BCUT2D eigenvalue weighted by Crippen LogP contribution is 2.36. The maximum absolute atomic E-state index is 13.0. The maximum atomic E-state index is 13.0. The Kier molecular flexibility index (Phi) is 5.88. The Labute approximate surface area is 163 Å². The van der Waals surface area contributed by atoms with Gasteiger partial charge in [-0.05, 0) is 23.8 Å². The van der Waals surface area contributed by atoms with E-state index in [1.165, 1.54) is 4.90 Å². The molecule has 1 heterocycles. The van der Waals surface area contributed by atoms with Gasteiger partial charge in [0.1, 0.15) is 0 Å². The molecule has 0 N–H and O–H groups in total. The minimum Gasteiger partial charge on any atom is -0.336 e. The Balaban J connectivity index is 1.73. The summed E-state index contributed by atoms with van der Waals surface area (Å²) >= 11 is 0. The van der Waals surface area contributed by atoms with Crippen LogP contribution < -0.4 is 0 Å². The third kappa shape index (κ3) is 5.29. The number of amides is 1. The van der Waals surface area contributed by atoms with Gasteiger partial charge in [0.05, 0.1) is 11.1 Å². The number of carbonyl (C=O) groups excluding carboxylic acids is 1. The van der Waals surface area contributed by atoms with Crippen molar-refractivity contribution in [1.29, 1.82) is 0 Å². The number of rotatable bonds is 3. The molecule has 156 valence electrons. The normalized spacial score (nSPS) is 16.1. The molecule has 0 unspecified atom stereocenters. The number of carbonyl (C=O) groups is 1. The summed E-state index contributed by atoms with van der Waals surface area (Å²) in [5, 5.41) is 0. The van der Waals surface area contributed by atoms with E-state index in [2.05, 4.69) is 4.90 Å². The summed E-state index contributed by atoms with van der Waals surface area (Å²) in [4.78, 5) is 16.0. The first-order valence-electron chi connectivity index (χ1n) is 8.89. The van der Waals surface area contributed by atoms with Gasteiger partial charge in [0, 0.05) is 38.3 Å². The van der Waals surface area contributed by atoms with Crippen LogP contribution in [0, 0.1) is 0 Å². The lowest BCUT2D eigenvalue weighted by Crippen LogP contribution is -2.48. The van der Waals surface area contributed by atoms with E-state index in [0.29, 0.717) is 31.8 Å². The largest absolute Gasteiger partial charge is 0.416 e. The van der Waals surface area contributed by atoms with Crippen molar-refractivity contribution in [2.45, 2.75) is 18.9 Å². The van der Waals surface area contributed by atoms with Crippen molar-refractivity contribution in [3.63, 3.8) is 0 Å². The standard InChI is InChI=1S/C20H18F6N2O/c21-19(22,23)16-10-15(11-17(12-16)20(24,25)26)18(29)28-8-6-27(7-9-28)13-14-4-2-1-3-5-14/h1-5,10-12H,6-9,13H2. The fourth-order valence-corrected chi connectivity index (χ4v) is 3.21. The molecule has 2 aromatic rings. The molecule has 0 aliphatic carbocycles. The molecule has 3 rings (SSSR count). The highest BCUT2D eigenvalue weighted by molar-refractivity contribution is 5.94. The summed E-state index contributed by atoms with van der Waals surface area (Å²) in [5.41, 5.74) is -2.50. The lowest BCUT2D eigenvalue weighted by Gasteiger charge is -2.35. The molecule has 9 heteroatoms. The third-order valence-electron chi connectivity index (χ3n) is 4.74. The van der Waals surface area contributed by atoms with E-state index in [1.54, 1.807) is 0 Å². The van der Waals surface area contributed by atoms with Crippen LogP contribution in [0.15, 0.2) is 48.5 Å². The second kappa shape index (κ2) is 8.06. The number of benzene rings is 2. The summed E-state index contributed by atoms with van der Waals surface area (Å²) in [5.74, 6) is -0.832. The van der Waals surface area contributed by atoms with E-state index in [4.69, 9.17) is 0 Å². The van der Waals surface area contributed by atoms with Crippen LogP contribution in [0.25, 0.3) is 0 Å². The minimum atomic E-state index is -4.98. The Morgan fingerprint density at radius 1 is 0.793 bits per heavy atom. The first-order valence-corrected chi connectivity index (χ1v) is 8.89. The maximum Gasteiger partial charge on any atom is 0.416 e. The number of piperazine rings is 1. The minimum absolute atomic E-state index is 0.0224. The van der Waals surface area contributed by atoms with E-state index in [-0.39, 0.29) is 19.2 Å². The second-order valence-electron chi connectivity index (χ2n) is 6.85. The van der Waals surface area contributed by atoms with Crippen LogP contribution in [0.5, 0.6) is 0 Å². The highest BCUT2D eigenvalue weighted by atomic mass is 19.4. The van der Waals surface area contributed by atoms with Gasteiger partial charge in [0.15, 0.2) is 0 Å². The highest BCUT2D eigenvalue weighted by Gasteiger charge is 2.38. The van der Waals surface area contributed by atoms with Crippen molar-refractivity contribution >= 4 is 5.91 Å². The molecule has 0 bridgehead atoms. The van der Waals surface area contributed by atoms with Crippen molar-refractivity contribution in [2.24, 2.45) is 0 Å². The second-order valence-corrected chi connectivity index (χ2v) is 6.85. The fourth-order valence-electron chi connectivity index (χ4n) is 3.21. The van der Waals surface area contributed by atoms with Crippen molar-refractivity contribution in [2.75, 3.05) is 26.2 Å². The Bertz CT molecular complexity index is 823. The molecule has 1 fully saturated rings. The molecule has 0 aromatic heterocycles. The van der Waals surface area contributed by atoms with E-state index in [9.17, 15) is 31.1 Å². The number of hydrogen-bond acceptors (Lipinski definition) is 2. The van der Waals surface area contributed by atoms with Crippen molar-refractivity contribution in [3.05, 3.63) is 70.8 Å². The molecule has 0 radical (unpaired) electrons. The van der Waals surface area contributed by atoms with Gasteiger partial charge in [-0.3, -0.25) is 9.69 Å². The van der Waals surface area contributed by atoms with Gasteiger partial charge < -0.3 is 4.90 Å². The van der Waals surface area contributed by atoms with Crippen LogP contribution in [0.2, 0.25) is 0 Å².